The topological polar surface area (TPSA) is 64.8 Å². The lowest BCUT2D eigenvalue weighted by Crippen LogP contribution is -2.11. The Morgan fingerprint density at radius 2 is 2.21 bits per heavy atom. The van der Waals surface area contributed by atoms with Crippen LogP contribution in [0.5, 0.6) is 0 Å². The molecule has 8 heteroatoms. The summed E-state index contributed by atoms with van der Waals surface area (Å²) in [5, 5.41) is 9.23. The van der Waals surface area contributed by atoms with Gasteiger partial charge in [0.25, 0.3) is 0 Å². The second-order valence-corrected chi connectivity index (χ2v) is 9.78. The third-order valence-corrected chi connectivity index (χ3v) is 7.35. The summed E-state index contributed by atoms with van der Waals surface area (Å²) in [7, 11) is -0.991. The summed E-state index contributed by atoms with van der Waals surface area (Å²) in [5.41, 5.74) is 0.895. The molecule has 0 aliphatic carbocycles. The van der Waals surface area contributed by atoms with Crippen molar-refractivity contribution >= 4 is 21.6 Å². The molecule has 0 bridgehead atoms. The molecule has 0 spiro atoms. The van der Waals surface area contributed by atoms with Crippen LogP contribution < -0.4 is 0 Å². The van der Waals surface area contributed by atoms with Crippen molar-refractivity contribution in [2.24, 2.45) is 13.0 Å². The van der Waals surface area contributed by atoms with Gasteiger partial charge in [-0.1, -0.05) is 23.9 Å². The van der Waals surface area contributed by atoms with Crippen molar-refractivity contribution in [3.8, 4) is 0 Å². The number of sulfone groups is 1. The van der Waals surface area contributed by atoms with Gasteiger partial charge in [-0.05, 0) is 37.0 Å². The summed E-state index contributed by atoms with van der Waals surface area (Å²) in [6.07, 6.45) is 1.31. The van der Waals surface area contributed by atoms with E-state index in [2.05, 4.69) is 10.2 Å². The van der Waals surface area contributed by atoms with Gasteiger partial charge in [0.1, 0.15) is 11.6 Å². The maximum atomic E-state index is 13.3. The number of nitrogens with zero attached hydrogens (tertiary/aromatic N) is 3. The second-order valence-electron chi connectivity index (χ2n) is 6.25. The summed E-state index contributed by atoms with van der Waals surface area (Å²) in [5.74, 6) is 1.18. The quantitative estimate of drug-likeness (QED) is 0.758. The van der Waals surface area contributed by atoms with Gasteiger partial charge >= 0.3 is 0 Å². The van der Waals surface area contributed by atoms with Gasteiger partial charge in [-0.2, -0.15) is 0 Å². The van der Waals surface area contributed by atoms with Gasteiger partial charge < -0.3 is 4.57 Å². The average Bonchev–Trinajstić information content (AvgIpc) is 3.03. The lowest BCUT2D eigenvalue weighted by molar-refractivity contribution is 0.552. The summed E-state index contributed by atoms with van der Waals surface area (Å²) in [6, 6.07) is 6.54. The molecule has 130 valence electrons. The zero-order valence-electron chi connectivity index (χ0n) is 13.6. The number of thioether (sulfide) groups is 1. The molecule has 1 aliphatic rings. The number of aromatic nitrogens is 3. The fourth-order valence-electron chi connectivity index (χ4n) is 2.90. The molecule has 1 aliphatic heterocycles. The lowest BCUT2D eigenvalue weighted by atomic mass is 10.1. The monoisotopic (exact) mass is 369 g/mol. The Hall–Kier alpha value is -1.41. The van der Waals surface area contributed by atoms with Crippen molar-refractivity contribution in [2.75, 3.05) is 11.5 Å². The van der Waals surface area contributed by atoms with E-state index in [1.807, 2.05) is 24.6 Å². The van der Waals surface area contributed by atoms with Gasteiger partial charge in [-0.3, -0.25) is 0 Å². The van der Waals surface area contributed by atoms with E-state index in [1.165, 1.54) is 23.9 Å². The number of hydrogen-bond acceptors (Lipinski definition) is 5. The number of benzene rings is 1. The van der Waals surface area contributed by atoms with Gasteiger partial charge in [-0.15, -0.1) is 10.2 Å². The minimum absolute atomic E-state index is 0.0447. The maximum Gasteiger partial charge on any atom is 0.191 e. The van der Waals surface area contributed by atoms with Gasteiger partial charge in [-0.25, -0.2) is 12.8 Å². The molecule has 1 aromatic carbocycles. The Kier molecular flexibility index (Phi) is 4.96. The molecule has 2 heterocycles. The predicted octanol–water partition coefficient (Wildman–Crippen LogP) is 2.78. The van der Waals surface area contributed by atoms with E-state index in [0.717, 1.165) is 16.5 Å². The van der Waals surface area contributed by atoms with Crippen molar-refractivity contribution < 1.29 is 12.8 Å². The molecule has 0 radical (unpaired) electrons. The standard InChI is InChI=1S/C16H20FN3O2S2/c1-11(13-4-3-5-14(17)9-13)23-16-19-18-15(20(16)2)8-12-6-7-24(21,22)10-12/h3-5,9,11-12H,6-8,10H2,1-2H3/t11-,12-/m1/s1. The van der Waals surface area contributed by atoms with Crippen LogP contribution in [0.25, 0.3) is 0 Å². The second kappa shape index (κ2) is 6.84. The Balaban J connectivity index is 1.69. The molecule has 24 heavy (non-hydrogen) atoms. The first-order valence-corrected chi connectivity index (χ1v) is 10.5. The van der Waals surface area contributed by atoms with Crippen LogP contribution in [0.3, 0.4) is 0 Å². The minimum Gasteiger partial charge on any atom is -0.309 e. The van der Waals surface area contributed by atoms with Crippen molar-refractivity contribution in [3.63, 3.8) is 0 Å². The molecule has 1 fully saturated rings. The molecule has 1 saturated heterocycles. The summed E-state index contributed by atoms with van der Waals surface area (Å²) < 4.78 is 38.4. The molecule has 2 aromatic rings. The van der Waals surface area contributed by atoms with E-state index < -0.39 is 9.84 Å². The molecule has 2 atom stereocenters. The van der Waals surface area contributed by atoms with E-state index in [-0.39, 0.29) is 28.5 Å². The highest BCUT2D eigenvalue weighted by atomic mass is 32.2. The predicted molar refractivity (Wildman–Crippen MR) is 92.1 cm³/mol. The smallest absolute Gasteiger partial charge is 0.191 e. The lowest BCUT2D eigenvalue weighted by Gasteiger charge is -2.12. The fraction of sp³-hybridized carbons (Fsp3) is 0.500. The molecular formula is C16H20FN3O2S2. The highest BCUT2D eigenvalue weighted by Gasteiger charge is 2.29. The highest BCUT2D eigenvalue weighted by Crippen LogP contribution is 2.34. The van der Waals surface area contributed by atoms with Gasteiger partial charge in [0.15, 0.2) is 15.0 Å². The third kappa shape index (κ3) is 3.97. The largest absolute Gasteiger partial charge is 0.309 e. The van der Waals surface area contributed by atoms with Gasteiger partial charge in [0, 0.05) is 18.7 Å². The summed E-state index contributed by atoms with van der Waals surface area (Å²) in [4.78, 5) is 0. The molecule has 1 aromatic heterocycles. The van der Waals surface area contributed by atoms with E-state index in [9.17, 15) is 12.8 Å². The van der Waals surface area contributed by atoms with Crippen LogP contribution in [-0.2, 0) is 23.3 Å². The summed E-state index contributed by atoms with van der Waals surface area (Å²) in [6.45, 7) is 2.00. The zero-order valence-corrected chi connectivity index (χ0v) is 15.3. The first-order chi connectivity index (χ1) is 11.3. The number of halogens is 1. The van der Waals surface area contributed by atoms with Crippen LogP contribution in [0.4, 0.5) is 4.39 Å². The Labute approximate surface area is 145 Å². The summed E-state index contributed by atoms with van der Waals surface area (Å²) >= 11 is 1.51. The van der Waals surface area contributed by atoms with E-state index in [0.29, 0.717) is 12.8 Å². The zero-order chi connectivity index (χ0) is 17.3. The molecule has 0 amide bonds. The Morgan fingerprint density at radius 1 is 1.42 bits per heavy atom. The number of rotatable bonds is 5. The highest BCUT2D eigenvalue weighted by molar-refractivity contribution is 7.99. The van der Waals surface area contributed by atoms with Crippen LogP contribution in [0.1, 0.15) is 30.0 Å². The van der Waals surface area contributed by atoms with Crippen molar-refractivity contribution in [2.45, 2.75) is 30.2 Å². The Bertz CT molecular complexity index is 836. The first-order valence-electron chi connectivity index (χ1n) is 7.85. The van der Waals surface area contributed by atoms with Crippen LogP contribution in [0.2, 0.25) is 0 Å². The Morgan fingerprint density at radius 3 is 2.88 bits per heavy atom. The number of hydrogen-bond donors (Lipinski definition) is 0. The molecule has 3 rings (SSSR count). The molecule has 0 N–H and O–H groups in total. The first kappa shape index (κ1) is 17.4. The van der Waals surface area contributed by atoms with Crippen molar-refractivity contribution in [1.29, 1.82) is 0 Å². The van der Waals surface area contributed by atoms with Crippen LogP contribution >= 0.6 is 11.8 Å². The van der Waals surface area contributed by atoms with E-state index >= 15 is 0 Å². The normalized spacial score (nSPS) is 21.0. The van der Waals surface area contributed by atoms with Gasteiger partial charge in [0.2, 0.25) is 0 Å². The van der Waals surface area contributed by atoms with Crippen LogP contribution in [-0.4, -0.2) is 34.7 Å². The van der Waals surface area contributed by atoms with Crippen LogP contribution in [0.15, 0.2) is 29.4 Å². The maximum absolute atomic E-state index is 13.3. The average molecular weight is 369 g/mol. The van der Waals surface area contributed by atoms with E-state index in [1.54, 1.807) is 6.07 Å². The van der Waals surface area contributed by atoms with Crippen LogP contribution in [0, 0.1) is 11.7 Å². The molecule has 0 saturated carbocycles. The SMILES string of the molecule is C[C@@H](Sc1nnc(C[C@H]2CCS(=O)(=O)C2)n1C)c1cccc(F)c1. The minimum atomic E-state index is -2.88. The third-order valence-electron chi connectivity index (χ3n) is 4.32. The van der Waals surface area contributed by atoms with Crippen molar-refractivity contribution in [1.82, 2.24) is 14.8 Å². The fourth-order valence-corrected chi connectivity index (χ4v) is 5.71. The van der Waals surface area contributed by atoms with Crippen molar-refractivity contribution in [3.05, 3.63) is 41.5 Å². The molecule has 0 unspecified atom stereocenters. The van der Waals surface area contributed by atoms with Gasteiger partial charge in [0.05, 0.1) is 11.5 Å². The molecule has 5 nitrogen and oxygen atoms in total. The molecular weight excluding hydrogens is 349 g/mol. The van der Waals surface area contributed by atoms with E-state index in [4.69, 9.17) is 0 Å².